The van der Waals surface area contributed by atoms with Crippen molar-refractivity contribution in [2.75, 3.05) is 5.32 Å². The smallest absolute Gasteiger partial charge is 0.260 e. The largest absolute Gasteiger partial charge is 0.508 e. The van der Waals surface area contributed by atoms with Gasteiger partial charge in [-0.1, -0.05) is 30.3 Å². The van der Waals surface area contributed by atoms with Gasteiger partial charge in [0.15, 0.2) is 0 Å². The Hall–Kier alpha value is -4.33. The number of phenolic OH excluding ortho intramolecular Hbond substituents is 2. The molecular formula is C24H21N5O3. The SMILES string of the molecule is O=C(c1c(O)cc(O)cc1Nc1ccnn1Cc1cccnc1)N1Cc2ccccc2C1. The predicted molar refractivity (Wildman–Crippen MR) is 119 cm³/mol. The molecule has 8 heteroatoms. The molecule has 0 fully saturated rings. The van der Waals surface area contributed by atoms with Crippen LogP contribution in [-0.4, -0.2) is 35.8 Å². The molecule has 8 nitrogen and oxygen atoms in total. The van der Waals surface area contributed by atoms with Crippen LogP contribution in [0.3, 0.4) is 0 Å². The number of nitrogens with one attached hydrogen (secondary N) is 1. The summed E-state index contributed by atoms with van der Waals surface area (Å²) in [6.07, 6.45) is 5.10. The zero-order valence-electron chi connectivity index (χ0n) is 17.1. The minimum atomic E-state index is -0.320. The van der Waals surface area contributed by atoms with Crippen LogP contribution < -0.4 is 5.32 Å². The second kappa shape index (κ2) is 8.07. The predicted octanol–water partition coefficient (Wildman–Crippen LogP) is 3.64. The number of nitrogens with zero attached hydrogens (tertiary/aromatic N) is 4. The second-order valence-corrected chi connectivity index (χ2v) is 7.68. The van der Waals surface area contributed by atoms with Crippen LogP contribution in [0.4, 0.5) is 11.5 Å². The van der Waals surface area contributed by atoms with Crippen molar-refractivity contribution in [3.8, 4) is 11.5 Å². The molecule has 0 spiro atoms. The van der Waals surface area contributed by atoms with E-state index in [0.29, 0.717) is 31.1 Å². The third kappa shape index (κ3) is 3.74. The van der Waals surface area contributed by atoms with Gasteiger partial charge in [0.25, 0.3) is 5.91 Å². The van der Waals surface area contributed by atoms with Gasteiger partial charge in [0.05, 0.1) is 18.4 Å². The number of pyridine rings is 1. The highest BCUT2D eigenvalue weighted by molar-refractivity contribution is 6.03. The average molecular weight is 427 g/mol. The highest BCUT2D eigenvalue weighted by atomic mass is 16.3. The maximum absolute atomic E-state index is 13.4. The van der Waals surface area contributed by atoms with E-state index < -0.39 is 0 Å². The number of hydrogen-bond donors (Lipinski definition) is 3. The lowest BCUT2D eigenvalue weighted by Crippen LogP contribution is -2.26. The van der Waals surface area contributed by atoms with E-state index in [2.05, 4.69) is 15.4 Å². The number of hydrogen-bond acceptors (Lipinski definition) is 6. The summed E-state index contributed by atoms with van der Waals surface area (Å²) in [6, 6.07) is 16.0. The molecule has 1 aliphatic rings. The highest BCUT2D eigenvalue weighted by Crippen LogP contribution is 2.36. The Morgan fingerprint density at radius 2 is 1.78 bits per heavy atom. The van der Waals surface area contributed by atoms with Crippen LogP contribution in [0.5, 0.6) is 11.5 Å². The van der Waals surface area contributed by atoms with Gasteiger partial charge in [0.2, 0.25) is 0 Å². The van der Waals surface area contributed by atoms with Crippen LogP contribution in [0.15, 0.2) is 73.2 Å². The van der Waals surface area contributed by atoms with Crippen LogP contribution in [0.2, 0.25) is 0 Å². The monoisotopic (exact) mass is 427 g/mol. The first-order valence-electron chi connectivity index (χ1n) is 10.2. The number of carbonyl (C=O) groups excluding carboxylic acids is 1. The molecule has 2 aromatic heterocycles. The van der Waals surface area contributed by atoms with Crippen molar-refractivity contribution < 1.29 is 15.0 Å². The summed E-state index contributed by atoms with van der Waals surface area (Å²) >= 11 is 0. The summed E-state index contributed by atoms with van der Waals surface area (Å²) in [5, 5.41) is 28.2. The number of aromatic hydroxyl groups is 2. The molecular weight excluding hydrogens is 406 g/mol. The van der Waals surface area contributed by atoms with E-state index in [9.17, 15) is 15.0 Å². The van der Waals surface area contributed by atoms with E-state index in [0.717, 1.165) is 16.7 Å². The molecule has 0 radical (unpaired) electrons. The van der Waals surface area contributed by atoms with Gasteiger partial charge in [-0.2, -0.15) is 5.10 Å². The molecule has 0 saturated carbocycles. The molecule has 3 N–H and O–H groups in total. The number of anilines is 2. The fourth-order valence-corrected chi connectivity index (χ4v) is 3.94. The summed E-state index contributed by atoms with van der Waals surface area (Å²) < 4.78 is 1.72. The maximum atomic E-state index is 13.4. The minimum Gasteiger partial charge on any atom is -0.508 e. The van der Waals surface area contributed by atoms with E-state index >= 15 is 0 Å². The maximum Gasteiger partial charge on any atom is 0.260 e. The molecule has 1 aliphatic heterocycles. The summed E-state index contributed by atoms with van der Waals surface area (Å²) in [6.45, 7) is 1.40. The van der Waals surface area contributed by atoms with Crippen molar-refractivity contribution in [2.45, 2.75) is 19.6 Å². The minimum absolute atomic E-state index is 0.102. The van der Waals surface area contributed by atoms with Gasteiger partial charge >= 0.3 is 0 Å². The number of phenols is 2. The zero-order chi connectivity index (χ0) is 22.1. The Bertz CT molecular complexity index is 1260. The molecule has 160 valence electrons. The standard InChI is InChI=1S/C24H21N5O3/c30-19-10-20(27-22-7-9-26-29(22)13-16-4-3-8-25-12-16)23(21(31)11-19)24(32)28-14-17-5-1-2-6-18(17)15-28/h1-12,27,30-31H,13-15H2. The van der Waals surface area contributed by atoms with E-state index in [-0.39, 0.29) is 23.0 Å². The quantitative estimate of drug-likeness (QED) is 0.449. The van der Waals surface area contributed by atoms with Gasteiger partial charge in [0.1, 0.15) is 22.9 Å². The normalized spacial score (nSPS) is 12.6. The Kier molecular flexibility index (Phi) is 4.95. The lowest BCUT2D eigenvalue weighted by molar-refractivity contribution is 0.0749. The molecule has 0 atom stereocenters. The Balaban J connectivity index is 1.45. The van der Waals surface area contributed by atoms with Gasteiger partial charge in [-0.25, -0.2) is 4.68 Å². The van der Waals surface area contributed by atoms with Gasteiger partial charge < -0.3 is 20.4 Å². The number of rotatable bonds is 5. The van der Waals surface area contributed by atoms with Gasteiger partial charge in [-0.15, -0.1) is 0 Å². The van der Waals surface area contributed by atoms with Crippen molar-refractivity contribution in [3.63, 3.8) is 0 Å². The van der Waals surface area contributed by atoms with Crippen LogP contribution in [0, 0.1) is 0 Å². The number of aromatic nitrogens is 3. The molecule has 0 aliphatic carbocycles. The lowest BCUT2D eigenvalue weighted by Gasteiger charge is -2.20. The summed E-state index contributed by atoms with van der Waals surface area (Å²) in [5.41, 5.74) is 3.54. The zero-order valence-corrected chi connectivity index (χ0v) is 17.1. The molecule has 0 unspecified atom stereocenters. The molecule has 1 amide bonds. The topological polar surface area (TPSA) is 104 Å². The highest BCUT2D eigenvalue weighted by Gasteiger charge is 2.28. The second-order valence-electron chi connectivity index (χ2n) is 7.68. The fraction of sp³-hybridized carbons (Fsp3) is 0.125. The first-order chi connectivity index (χ1) is 15.6. The molecule has 4 aromatic rings. The van der Waals surface area contributed by atoms with Crippen molar-refractivity contribution in [2.24, 2.45) is 0 Å². The fourth-order valence-electron chi connectivity index (χ4n) is 3.94. The van der Waals surface area contributed by atoms with E-state index in [1.54, 1.807) is 34.2 Å². The van der Waals surface area contributed by atoms with Gasteiger partial charge in [-0.3, -0.25) is 9.78 Å². The first kappa shape index (κ1) is 19.6. The number of amides is 1. The number of carbonyl (C=O) groups is 1. The van der Waals surface area contributed by atoms with Gasteiger partial charge in [0, 0.05) is 43.7 Å². The first-order valence-corrected chi connectivity index (χ1v) is 10.2. The molecule has 2 aromatic carbocycles. The van der Waals surface area contributed by atoms with E-state index in [4.69, 9.17) is 0 Å². The average Bonchev–Trinajstić information content (AvgIpc) is 3.41. The Labute approximate surface area is 184 Å². The van der Waals surface area contributed by atoms with Crippen molar-refractivity contribution >= 4 is 17.4 Å². The van der Waals surface area contributed by atoms with E-state index in [1.165, 1.54) is 12.1 Å². The van der Waals surface area contributed by atoms with Crippen molar-refractivity contribution in [1.82, 2.24) is 19.7 Å². The number of fused-ring (bicyclic) bond motifs is 1. The summed E-state index contributed by atoms with van der Waals surface area (Å²) in [5.74, 6) is -0.145. The Morgan fingerprint density at radius 1 is 1.00 bits per heavy atom. The molecule has 3 heterocycles. The van der Waals surface area contributed by atoms with Crippen molar-refractivity contribution in [1.29, 1.82) is 0 Å². The van der Waals surface area contributed by atoms with Crippen LogP contribution >= 0.6 is 0 Å². The van der Waals surface area contributed by atoms with Crippen molar-refractivity contribution in [3.05, 3.63) is 95.4 Å². The third-order valence-corrected chi connectivity index (χ3v) is 5.48. The molecule has 0 bridgehead atoms. The summed E-state index contributed by atoms with van der Waals surface area (Å²) in [7, 11) is 0. The molecule has 5 rings (SSSR count). The third-order valence-electron chi connectivity index (χ3n) is 5.48. The van der Waals surface area contributed by atoms with Crippen LogP contribution in [0.25, 0.3) is 0 Å². The van der Waals surface area contributed by atoms with Gasteiger partial charge in [-0.05, 0) is 22.8 Å². The lowest BCUT2D eigenvalue weighted by atomic mass is 10.1. The Morgan fingerprint density at radius 3 is 2.50 bits per heavy atom. The van der Waals surface area contributed by atoms with Crippen LogP contribution in [-0.2, 0) is 19.6 Å². The summed E-state index contributed by atoms with van der Waals surface area (Å²) in [4.78, 5) is 19.2. The van der Waals surface area contributed by atoms with E-state index in [1.807, 2.05) is 36.4 Å². The molecule has 0 saturated heterocycles. The molecule has 32 heavy (non-hydrogen) atoms. The van der Waals surface area contributed by atoms with Crippen LogP contribution in [0.1, 0.15) is 27.0 Å². The number of benzene rings is 2.